The Morgan fingerprint density at radius 3 is 3.12 bits per heavy atom. The molecule has 1 aliphatic rings. The van der Waals surface area contributed by atoms with Crippen LogP contribution in [0.4, 0.5) is 5.69 Å². The molecule has 1 aromatic carbocycles. The van der Waals surface area contributed by atoms with Crippen LogP contribution in [0.15, 0.2) is 18.2 Å². The zero-order valence-corrected chi connectivity index (χ0v) is 11.2. The third-order valence-electron chi connectivity index (χ3n) is 3.44. The molecule has 1 atom stereocenters. The molecular weight excluding hydrogens is 234 g/mol. The number of nitrogens with zero attached hydrogens (tertiary/aromatic N) is 1. The second-order valence-corrected chi connectivity index (χ2v) is 5.04. The molecule has 0 bridgehead atoms. The number of nitrogens with one attached hydrogen (secondary N) is 2. The van der Waals surface area contributed by atoms with Gasteiger partial charge in [-0.1, -0.05) is 17.7 Å². The normalized spacial score (nSPS) is 21.5. The fraction of sp³-hybridized carbons (Fsp3) is 0.538. The molecule has 0 radical (unpaired) electrons. The smallest absolute Gasteiger partial charge is 0.0455 e. The number of rotatable bonds is 3. The number of anilines is 1. The predicted octanol–water partition coefficient (Wildman–Crippen LogP) is 1.96. The van der Waals surface area contributed by atoms with Crippen LogP contribution in [0.3, 0.4) is 0 Å². The summed E-state index contributed by atoms with van der Waals surface area (Å²) in [5.41, 5.74) is 2.26. The molecule has 0 aliphatic carbocycles. The second kappa shape index (κ2) is 5.71. The van der Waals surface area contributed by atoms with Gasteiger partial charge in [0.05, 0.1) is 0 Å². The van der Waals surface area contributed by atoms with Gasteiger partial charge in [-0.05, 0) is 31.7 Å². The summed E-state index contributed by atoms with van der Waals surface area (Å²) in [5.74, 6) is 0. The van der Waals surface area contributed by atoms with E-state index in [4.69, 9.17) is 11.6 Å². The summed E-state index contributed by atoms with van der Waals surface area (Å²) in [6.07, 6.45) is 0. The fourth-order valence-corrected chi connectivity index (χ4v) is 2.29. The van der Waals surface area contributed by atoms with Crippen molar-refractivity contribution >= 4 is 17.3 Å². The Hall–Kier alpha value is -0.770. The zero-order valence-electron chi connectivity index (χ0n) is 10.5. The van der Waals surface area contributed by atoms with Crippen molar-refractivity contribution in [2.75, 3.05) is 38.5 Å². The lowest BCUT2D eigenvalue weighted by Crippen LogP contribution is -2.52. The molecule has 2 rings (SSSR count). The highest BCUT2D eigenvalue weighted by Crippen LogP contribution is 2.22. The summed E-state index contributed by atoms with van der Waals surface area (Å²) < 4.78 is 0. The van der Waals surface area contributed by atoms with Gasteiger partial charge in [0, 0.05) is 42.9 Å². The lowest BCUT2D eigenvalue weighted by atomic mass is 10.1. The first-order chi connectivity index (χ1) is 8.18. The van der Waals surface area contributed by atoms with Gasteiger partial charge in [-0.3, -0.25) is 4.90 Å². The van der Waals surface area contributed by atoms with Gasteiger partial charge >= 0.3 is 0 Å². The Kier molecular flexibility index (Phi) is 4.26. The van der Waals surface area contributed by atoms with Crippen LogP contribution in [0.25, 0.3) is 0 Å². The van der Waals surface area contributed by atoms with Crippen molar-refractivity contribution in [3.05, 3.63) is 28.8 Å². The van der Waals surface area contributed by atoms with E-state index in [0.29, 0.717) is 6.04 Å². The molecule has 3 nitrogen and oxygen atoms in total. The molecule has 1 aromatic rings. The van der Waals surface area contributed by atoms with Crippen molar-refractivity contribution in [1.82, 2.24) is 10.2 Å². The number of likely N-dealkylation sites (N-methyl/N-ethyl adjacent to an activating group) is 1. The number of piperazine rings is 1. The van der Waals surface area contributed by atoms with Gasteiger partial charge in [0.15, 0.2) is 0 Å². The number of halogens is 1. The van der Waals surface area contributed by atoms with E-state index in [1.165, 1.54) is 0 Å². The summed E-state index contributed by atoms with van der Waals surface area (Å²) in [7, 11) is 2.18. The van der Waals surface area contributed by atoms with Crippen LogP contribution in [0.5, 0.6) is 0 Å². The van der Waals surface area contributed by atoms with Gasteiger partial charge in [0.2, 0.25) is 0 Å². The van der Waals surface area contributed by atoms with E-state index in [2.05, 4.69) is 28.6 Å². The van der Waals surface area contributed by atoms with Crippen molar-refractivity contribution < 1.29 is 0 Å². The molecule has 1 aliphatic heterocycles. The highest BCUT2D eigenvalue weighted by Gasteiger charge is 2.18. The number of benzene rings is 1. The summed E-state index contributed by atoms with van der Waals surface area (Å²) in [4.78, 5) is 2.39. The molecule has 0 saturated carbocycles. The summed E-state index contributed by atoms with van der Waals surface area (Å²) in [5, 5.41) is 7.73. The van der Waals surface area contributed by atoms with Crippen molar-refractivity contribution in [2.45, 2.75) is 13.0 Å². The average molecular weight is 254 g/mol. The molecule has 0 amide bonds. The van der Waals surface area contributed by atoms with Crippen molar-refractivity contribution in [3.63, 3.8) is 0 Å². The van der Waals surface area contributed by atoms with Gasteiger partial charge in [0.25, 0.3) is 0 Å². The van der Waals surface area contributed by atoms with Gasteiger partial charge < -0.3 is 10.6 Å². The lowest BCUT2D eigenvalue weighted by Gasteiger charge is -2.33. The minimum atomic E-state index is 0.544. The average Bonchev–Trinajstić information content (AvgIpc) is 2.33. The molecule has 0 aromatic heterocycles. The molecule has 17 heavy (non-hydrogen) atoms. The van der Waals surface area contributed by atoms with Crippen LogP contribution in [-0.4, -0.2) is 44.2 Å². The Bertz CT molecular complexity index is 381. The summed E-state index contributed by atoms with van der Waals surface area (Å²) >= 11 is 6.10. The van der Waals surface area contributed by atoms with Crippen LogP contribution in [0.1, 0.15) is 5.56 Å². The maximum Gasteiger partial charge on any atom is 0.0455 e. The fourth-order valence-electron chi connectivity index (χ4n) is 2.12. The molecule has 1 unspecified atom stereocenters. The zero-order chi connectivity index (χ0) is 12.3. The number of hydrogen-bond acceptors (Lipinski definition) is 3. The molecule has 4 heteroatoms. The van der Waals surface area contributed by atoms with E-state index >= 15 is 0 Å². The largest absolute Gasteiger partial charge is 0.383 e. The molecule has 2 N–H and O–H groups in total. The van der Waals surface area contributed by atoms with Crippen LogP contribution < -0.4 is 10.6 Å². The molecule has 1 fully saturated rings. The van der Waals surface area contributed by atoms with E-state index in [0.717, 1.165) is 42.5 Å². The van der Waals surface area contributed by atoms with Crippen molar-refractivity contribution in [3.8, 4) is 0 Å². The maximum absolute atomic E-state index is 6.10. The van der Waals surface area contributed by atoms with E-state index < -0.39 is 0 Å². The number of hydrogen-bond donors (Lipinski definition) is 2. The first-order valence-electron chi connectivity index (χ1n) is 6.08. The minimum absolute atomic E-state index is 0.544. The first kappa shape index (κ1) is 12.7. The van der Waals surface area contributed by atoms with Gasteiger partial charge in [-0.25, -0.2) is 0 Å². The Morgan fingerprint density at radius 2 is 2.35 bits per heavy atom. The topological polar surface area (TPSA) is 27.3 Å². The SMILES string of the molecule is Cc1c(Cl)cccc1NCC1CNCCN1C. The van der Waals surface area contributed by atoms with Crippen LogP contribution in [0, 0.1) is 6.92 Å². The highest BCUT2D eigenvalue weighted by atomic mass is 35.5. The summed E-state index contributed by atoms with van der Waals surface area (Å²) in [6.45, 7) is 6.24. The molecule has 1 saturated heterocycles. The molecule has 0 spiro atoms. The second-order valence-electron chi connectivity index (χ2n) is 4.63. The van der Waals surface area contributed by atoms with Crippen LogP contribution in [0.2, 0.25) is 5.02 Å². The molecule has 94 valence electrons. The van der Waals surface area contributed by atoms with E-state index in [1.807, 2.05) is 19.1 Å². The highest BCUT2D eigenvalue weighted by molar-refractivity contribution is 6.31. The first-order valence-corrected chi connectivity index (χ1v) is 6.46. The van der Waals surface area contributed by atoms with Gasteiger partial charge in [0.1, 0.15) is 0 Å². The minimum Gasteiger partial charge on any atom is -0.383 e. The van der Waals surface area contributed by atoms with E-state index in [-0.39, 0.29) is 0 Å². The molecule has 1 heterocycles. The Balaban J connectivity index is 1.95. The monoisotopic (exact) mass is 253 g/mol. The van der Waals surface area contributed by atoms with Crippen LogP contribution >= 0.6 is 11.6 Å². The summed E-state index contributed by atoms with van der Waals surface area (Å²) in [6, 6.07) is 6.54. The quantitative estimate of drug-likeness (QED) is 0.863. The standard InChI is InChI=1S/C13H20ClN3/c1-10-12(14)4-3-5-13(10)16-9-11-8-15-6-7-17(11)2/h3-5,11,15-16H,6-9H2,1-2H3. The third kappa shape index (κ3) is 3.12. The predicted molar refractivity (Wildman–Crippen MR) is 74.0 cm³/mol. The van der Waals surface area contributed by atoms with Gasteiger partial charge in [-0.2, -0.15) is 0 Å². The maximum atomic E-state index is 6.10. The van der Waals surface area contributed by atoms with Crippen molar-refractivity contribution in [1.29, 1.82) is 0 Å². The van der Waals surface area contributed by atoms with Crippen molar-refractivity contribution in [2.24, 2.45) is 0 Å². The third-order valence-corrected chi connectivity index (χ3v) is 3.85. The van der Waals surface area contributed by atoms with Gasteiger partial charge in [-0.15, -0.1) is 0 Å². The lowest BCUT2D eigenvalue weighted by molar-refractivity contribution is 0.209. The van der Waals surface area contributed by atoms with Crippen LogP contribution in [-0.2, 0) is 0 Å². The molecular formula is C13H20ClN3. The van der Waals surface area contributed by atoms with E-state index in [9.17, 15) is 0 Å². The Morgan fingerprint density at radius 1 is 1.53 bits per heavy atom. The Labute approximate surface area is 108 Å². The van der Waals surface area contributed by atoms with E-state index in [1.54, 1.807) is 0 Å².